The maximum atomic E-state index is 11.8. The number of piperazine rings is 1. The van der Waals surface area contributed by atoms with Crippen LogP contribution in [-0.4, -0.2) is 57.4 Å². The van der Waals surface area contributed by atoms with Crippen molar-refractivity contribution in [3.05, 3.63) is 46.3 Å². The van der Waals surface area contributed by atoms with Crippen molar-refractivity contribution in [2.45, 2.75) is 20.4 Å². The molecule has 3 heterocycles. The van der Waals surface area contributed by atoms with Gasteiger partial charge >= 0.3 is 0 Å². The smallest absolute Gasteiger partial charge is 0.266 e. The molecule has 0 spiro atoms. The van der Waals surface area contributed by atoms with E-state index in [1.807, 2.05) is 20.0 Å². The summed E-state index contributed by atoms with van der Waals surface area (Å²) in [4.78, 5) is 25.1. The van der Waals surface area contributed by atoms with Gasteiger partial charge in [0.1, 0.15) is 5.82 Å². The van der Waals surface area contributed by atoms with Crippen LogP contribution in [-0.2, 0) is 6.54 Å². The molecule has 1 aliphatic rings. The number of aromatic nitrogens is 4. The average molecular weight is 314 g/mol. The lowest BCUT2D eigenvalue weighted by molar-refractivity contribution is 0.242. The normalized spacial score (nSPS) is 15.8. The fraction of sp³-hybridized carbons (Fsp3) is 0.500. The van der Waals surface area contributed by atoms with E-state index in [4.69, 9.17) is 0 Å². The largest absolute Gasteiger partial charge is 0.353 e. The number of nitrogens with zero attached hydrogens (tertiary/aromatic N) is 6. The Morgan fingerprint density at radius 3 is 2.43 bits per heavy atom. The Morgan fingerprint density at radius 1 is 0.957 bits per heavy atom. The average Bonchev–Trinajstić information content (AvgIpc) is 2.57. The zero-order valence-corrected chi connectivity index (χ0v) is 13.6. The second-order valence-electron chi connectivity index (χ2n) is 5.88. The van der Waals surface area contributed by atoms with Crippen LogP contribution < -0.4 is 10.5 Å². The minimum absolute atomic E-state index is 0.0378. The monoisotopic (exact) mass is 314 g/mol. The van der Waals surface area contributed by atoms with E-state index in [0.717, 1.165) is 49.9 Å². The first-order chi connectivity index (χ1) is 11.1. The van der Waals surface area contributed by atoms with Crippen LogP contribution in [0.2, 0.25) is 0 Å². The standard InChI is InChI=1S/C16H22N6O/c1-13-3-4-16(23)22(19-13)10-7-20-5-8-21(9-6-20)15-12-17-14(2)11-18-15/h3-4,11-12H,5-10H2,1-2H3. The van der Waals surface area contributed by atoms with Gasteiger partial charge in [-0.2, -0.15) is 5.10 Å². The third-order valence-corrected chi connectivity index (χ3v) is 4.09. The van der Waals surface area contributed by atoms with Crippen LogP contribution in [0.1, 0.15) is 11.4 Å². The Hall–Kier alpha value is -2.28. The van der Waals surface area contributed by atoms with Gasteiger partial charge in [0.05, 0.1) is 30.3 Å². The maximum absolute atomic E-state index is 11.8. The second-order valence-corrected chi connectivity index (χ2v) is 5.88. The van der Waals surface area contributed by atoms with Crippen molar-refractivity contribution >= 4 is 5.82 Å². The fourth-order valence-electron chi connectivity index (χ4n) is 2.70. The van der Waals surface area contributed by atoms with Crippen molar-refractivity contribution in [1.82, 2.24) is 24.6 Å². The SMILES string of the molecule is Cc1cnc(N2CCN(CCn3nc(C)ccc3=O)CC2)cn1. The van der Waals surface area contributed by atoms with E-state index in [1.54, 1.807) is 23.0 Å². The van der Waals surface area contributed by atoms with Gasteiger partial charge in [0.15, 0.2) is 0 Å². The van der Waals surface area contributed by atoms with Gasteiger partial charge in [-0.15, -0.1) is 0 Å². The molecule has 0 aliphatic carbocycles. The number of hydrogen-bond acceptors (Lipinski definition) is 6. The first kappa shape index (κ1) is 15.6. The summed E-state index contributed by atoms with van der Waals surface area (Å²) in [7, 11) is 0. The van der Waals surface area contributed by atoms with E-state index < -0.39 is 0 Å². The molecule has 23 heavy (non-hydrogen) atoms. The van der Waals surface area contributed by atoms with Crippen LogP contribution >= 0.6 is 0 Å². The van der Waals surface area contributed by atoms with Gasteiger partial charge in [0.2, 0.25) is 0 Å². The summed E-state index contributed by atoms with van der Waals surface area (Å²) >= 11 is 0. The molecule has 0 bridgehead atoms. The molecule has 122 valence electrons. The van der Waals surface area contributed by atoms with E-state index in [9.17, 15) is 4.79 Å². The molecule has 0 unspecified atom stereocenters. The lowest BCUT2D eigenvalue weighted by atomic mass is 10.3. The summed E-state index contributed by atoms with van der Waals surface area (Å²) in [6.07, 6.45) is 3.64. The summed E-state index contributed by atoms with van der Waals surface area (Å²) in [5.41, 5.74) is 1.76. The third-order valence-electron chi connectivity index (χ3n) is 4.09. The first-order valence-electron chi connectivity index (χ1n) is 7.92. The minimum Gasteiger partial charge on any atom is -0.353 e. The first-order valence-corrected chi connectivity index (χ1v) is 7.92. The van der Waals surface area contributed by atoms with Gasteiger partial charge in [-0.3, -0.25) is 14.7 Å². The molecule has 1 fully saturated rings. The summed E-state index contributed by atoms with van der Waals surface area (Å²) in [6.45, 7) is 9.07. The number of aryl methyl sites for hydroxylation is 2. The van der Waals surface area contributed by atoms with Crippen LogP contribution in [0.5, 0.6) is 0 Å². The van der Waals surface area contributed by atoms with E-state index in [2.05, 4.69) is 24.9 Å². The van der Waals surface area contributed by atoms with E-state index in [-0.39, 0.29) is 5.56 Å². The Balaban J connectivity index is 1.52. The zero-order valence-electron chi connectivity index (χ0n) is 13.6. The summed E-state index contributed by atoms with van der Waals surface area (Å²) < 4.78 is 1.55. The molecule has 2 aromatic rings. The molecule has 0 aromatic carbocycles. The lowest BCUT2D eigenvalue weighted by Crippen LogP contribution is -2.48. The molecule has 0 N–H and O–H groups in total. The van der Waals surface area contributed by atoms with E-state index in [0.29, 0.717) is 6.54 Å². The van der Waals surface area contributed by atoms with Crippen molar-refractivity contribution in [3.63, 3.8) is 0 Å². The molecular weight excluding hydrogens is 292 g/mol. The fourth-order valence-corrected chi connectivity index (χ4v) is 2.70. The molecule has 7 nitrogen and oxygen atoms in total. The molecular formula is C16H22N6O. The predicted octanol–water partition coefficient (Wildman–Crippen LogP) is 0.472. The molecule has 0 saturated carbocycles. The van der Waals surface area contributed by atoms with Crippen LogP contribution in [0, 0.1) is 13.8 Å². The summed E-state index contributed by atoms with van der Waals surface area (Å²) in [5, 5.41) is 4.28. The van der Waals surface area contributed by atoms with Gasteiger partial charge in [0, 0.05) is 38.8 Å². The van der Waals surface area contributed by atoms with Crippen molar-refractivity contribution < 1.29 is 0 Å². The van der Waals surface area contributed by atoms with Crippen molar-refractivity contribution in [3.8, 4) is 0 Å². The van der Waals surface area contributed by atoms with Gasteiger partial charge in [0.25, 0.3) is 5.56 Å². The Labute approximate surface area is 135 Å². The Kier molecular flexibility index (Phi) is 4.66. The van der Waals surface area contributed by atoms with Gasteiger partial charge < -0.3 is 4.90 Å². The minimum atomic E-state index is -0.0378. The molecule has 3 rings (SSSR count). The summed E-state index contributed by atoms with van der Waals surface area (Å²) in [5.74, 6) is 0.937. The van der Waals surface area contributed by atoms with Crippen LogP contribution in [0.25, 0.3) is 0 Å². The maximum Gasteiger partial charge on any atom is 0.266 e. The molecule has 0 radical (unpaired) electrons. The lowest BCUT2D eigenvalue weighted by Gasteiger charge is -2.35. The second kappa shape index (κ2) is 6.87. The Bertz CT molecular complexity index is 703. The van der Waals surface area contributed by atoms with Gasteiger partial charge in [-0.1, -0.05) is 0 Å². The molecule has 0 amide bonds. The third kappa shape index (κ3) is 3.92. The predicted molar refractivity (Wildman–Crippen MR) is 88.7 cm³/mol. The summed E-state index contributed by atoms with van der Waals surface area (Å²) in [6, 6.07) is 3.33. The number of anilines is 1. The van der Waals surface area contributed by atoms with E-state index >= 15 is 0 Å². The van der Waals surface area contributed by atoms with Crippen molar-refractivity contribution in [1.29, 1.82) is 0 Å². The highest BCUT2D eigenvalue weighted by Gasteiger charge is 2.18. The molecule has 7 heteroatoms. The van der Waals surface area contributed by atoms with Crippen LogP contribution in [0.4, 0.5) is 5.82 Å². The molecule has 1 aliphatic heterocycles. The molecule has 2 aromatic heterocycles. The molecule has 0 atom stereocenters. The van der Waals surface area contributed by atoms with Crippen LogP contribution in [0.15, 0.2) is 29.3 Å². The van der Waals surface area contributed by atoms with Gasteiger partial charge in [-0.25, -0.2) is 9.67 Å². The zero-order chi connectivity index (χ0) is 16.2. The van der Waals surface area contributed by atoms with E-state index in [1.165, 1.54) is 0 Å². The number of rotatable bonds is 4. The molecule has 1 saturated heterocycles. The Morgan fingerprint density at radius 2 is 1.74 bits per heavy atom. The van der Waals surface area contributed by atoms with Crippen molar-refractivity contribution in [2.24, 2.45) is 0 Å². The van der Waals surface area contributed by atoms with Gasteiger partial charge in [-0.05, 0) is 19.9 Å². The highest BCUT2D eigenvalue weighted by Crippen LogP contribution is 2.12. The quantitative estimate of drug-likeness (QED) is 0.817. The highest BCUT2D eigenvalue weighted by molar-refractivity contribution is 5.36. The van der Waals surface area contributed by atoms with Crippen molar-refractivity contribution in [2.75, 3.05) is 37.6 Å². The highest BCUT2D eigenvalue weighted by atomic mass is 16.1. The number of hydrogen-bond donors (Lipinski definition) is 0. The van der Waals surface area contributed by atoms with Crippen LogP contribution in [0.3, 0.4) is 0 Å². The topological polar surface area (TPSA) is 67.2 Å².